The van der Waals surface area contributed by atoms with Crippen molar-refractivity contribution in [2.45, 2.75) is 0 Å². The molecule has 2 nitrogen and oxygen atoms in total. The summed E-state index contributed by atoms with van der Waals surface area (Å²) in [6.45, 7) is 0. The van der Waals surface area contributed by atoms with Crippen molar-refractivity contribution in [2.75, 3.05) is 0 Å². The van der Waals surface area contributed by atoms with E-state index in [2.05, 4.69) is 54.6 Å². The van der Waals surface area contributed by atoms with Gasteiger partial charge in [0.1, 0.15) is 5.75 Å². The topological polar surface area (TPSA) is 29.5 Å². The normalized spacial score (nSPS) is 10.8. The Labute approximate surface area is 135 Å². The largest absolute Gasteiger partial charge is 0.569 e. The van der Waals surface area contributed by atoms with Crippen molar-refractivity contribution in [3.8, 4) is 16.9 Å². The van der Waals surface area contributed by atoms with Crippen LogP contribution in [0, 0.1) is 0 Å². The SMILES string of the molecule is O[B]Oc1ccc2c(ccc3ccc(-c4ccccc4)cc32)c1. The molecule has 109 valence electrons. The predicted molar refractivity (Wildman–Crippen MR) is 95.5 cm³/mol. The van der Waals surface area contributed by atoms with E-state index in [1.165, 1.54) is 27.3 Å². The van der Waals surface area contributed by atoms with E-state index in [1.807, 2.05) is 24.3 Å². The van der Waals surface area contributed by atoms with Crippen LogP contribution in [-0.4, -0.2) is 12.7 Å². The summed E-state index contributed by atoms with van der Waals surface area (Å²) in [5.74, 6) is 0.624. The second kappa shape index (κ2) is 5.78. The van der Waals surface area contributed by atoms with Crippen molar-refractivity contribution >= 4 is 29.2 Å². The average molecular weight is 297 g/mol. The van der Waals surface area contributed by atoms with E-state index in [0.717, 1.165) is 5.39 Å². The third-order valence-electron chi connectivity index (χ3n) is 4.10. The summed E-state index contributed by atoms with van der Waals surface area (Å²) in [5, 5.41) is 13.5. The van der Waals surface area contributed by atoms with Crippen LogP contribution >= 0.6 is 0 Å². The second-order valence-electron chi connectivity index (χ2n) is 5.47. The number of hydrogen-bond acceptors (Lipinski definition) is 2. The van der Waals surface area contributed by atoms with Gasteiger partial charge in [-0.3, -0.25) is 0 Å². The van der Waals surface area contributed by atoms with Crippen LogP contribution in [0.1, 0.15) is 0 Å². The highest BCUT2D eigenvalue weighted by Crippen LogP contribution is 2.31. The molecule has 0 saturated carbocycles. The van der Waals surface area contributed by atoms with E-state index in [0.29, 0.717) is 13.4 Å². The first-order chi connectivity index (χ1) is 11.3. The fraction of sp³-hybridized carbons (Fsp3) is 0. The van der Waals surface area contributed by atoms with Crippen LogP contribution < -0.4 is 4.65 Å². The Morgan fingerprint density at radius 1 is 0.652 bits per heavy atom. The third kappa shape index (κ3) is 2.56. The summed E-state index contributed by atoms with van der Waals surface area (Å²) in [6.07, 6.45) is 0. The summed E-state index contributed by atoms with van der Waals surface area (Å²) < 4.78 is 5.05. The maximum atomic E-state index is 8.78. The first kappa shape index (κ1) is 13.9. The van der Waals surface area contributed by atoms with E-state index in [1.54, 1.807) is 0 Å². The van der Waals surface area contributed by atoms with Crippen molar-refractivity contribution in [2.24, 2.45) is 0 Å². The summed E-state index contributed by atoms with van der Waals surface area (Å²) in [4.78, 5) is 0. The lowest BCUT2D eigenvalue weighted by molar-refractivity contribution is 0.454. The molecule has 4 aromatic rings. The smallest absolute Gasteiger partial charge is 0.537 e. The zero-order chi connectivity index (χ0) is 15.6. The van der Waals surface area contributed by atoms with E-state index < -0.39 is 0 Å². The van der Waals surface area contributed by atoms with Crippen LogP contribution in [-0.2, 0) is 0 Å². The molecule has 3 heteroatoms. The average Bonchev–Trinajstić information content (AvgIpc) is 2.62. The van der Waals surface area contributed by atoms with Gasteiger partial charge in [-0.25, -0.2) is 0 Å². The Balaban J connectivity index is 1.93. The molecular formula is C20H14BO2. The molecule has 0 heterocycles. The van der Waals surface area contributed by atoms with Gasteiger partial charge in [0.15, 0.2) is 0 Å². The molecule has 1 N–H and O–H groups in total. The molecule has 1 radical (unpaired) electrons. The first-order valence-corrected chi connectivity index (χ1v) is 7.50. The number of rotatable bonds is 3. The predicted octanol–water partition coefficient (Wildman–Crippen LogP) is 4.57. The van der Waals surface area contributed by atoms with Gasteiger partial charge in [-0.1, -0.05) is 60.7 Å². The van der Waals surface area contributed by atoms with Gasteiger partial charge in [0, 0.05) is 0 Å². The van der Waals surface area contributed by atoms with Gasteiger partial charge in [-0.2, -0.15) is 0 Å². The Kier molecular flexibility index (Phi) is 3.49. The van der Waals surface area contributed by atoms with Gasteiger partial charge in [0.25, 0.3) is 0 Å². The highest BCUT2D eigenvalue weighted by molar-refractivity contribution is 6.17. The number of fused-ring (bicyclic) bond motifs is 3. The lowest BCUT2D eigenvalue weighted by Crippen LogP contribution is -1.99. The fourth-order valence-corrected chi connectivity index (χ4v) is 2.98. The Morgan fingerprint density at radius 3 is 2.26 bits per heavy atom. The standard InChI is InChI=1S/C20H14BO2/c22-21-23-18-10-11-19-17(12-18)9-7-15-6-8-16(13-20(15)19)14-4-2-1-3-5-14/h1-13,22H. The van der Waals surface area contributed by atoms with Crippen LogP contribution in [0.25, 0.3) is 32.7 Å². The Morgan fingerprint density at radius 2 is 1.43 bits per heavy atom. The van der Waals surface area contributed by atoms with Crippen LogP contribution in [0.3, 0.4) is 0 Å². The van der Waals surface area contributed by atoms with E-state index >= 15 is 0 Å². The van der Waals surface area contributed by atoms with E-state index in [9.17, 15) is 0 Å². The molecule has 0 amide bonds. The molecule has 23 heavy (non-hydrogen) atoms. The summed E-state index contributed by atoms with van der Waals surface area (Å²) in [5.41, 5.74) is 2.41. The number of benzene rings is 4. The summed E-state index contributed by atoms with van der Waals surface area (Å²) in [6, 6.07) is 26.9. The highest BCUT2D eigenvalue weighted by Gasteiger charge is 2.05. The zero-order valence-electron chi connectivity index (χ0n) is 12.4. The van der Waals surface area contributed by atoms with Crippen molar-refractivity contribution in [3.05, 3.63) is 78.9 Å². The van der Waals surface area contributed by atoms with Crippen molar-refractivity contribution in [1.82, 2.24) is 0 Å². The molecule has 0 spiro atoms. The molecule has 0 fully saturated rings. The molecule has 0 unspecified atom stereocenters. The second-order valence-corrected chi connectivity index (χ2v) is 5.47. The van der Waals surface area contributed by atoms with E-state index in [4.69, 9.17) is 9.68 Å². The van der Waals surface area contributed by atoms with Gasteiger partial charge < -0.3 is 9.68 Å². The number of hydrogen-bond donors (Lipinski definition) is 1. The lowest BCUT2D eigenvalue weighted by Gasteiger charge is -2.09. The third-order valence-corrected chi connectivity index (χ3v) is 4.10. The molecule has 0 aliphatic heterocycles. The minimum absolute atomic E-state index is 0.624. The molecule has 0 saturated heterocycles. The van der Waals surface area contributed by atoms with Crippen molar-refractivity contribution in [1.29, 1.82) is 0 Å². The van der Waals surface area contributed by atoms with E-state index in [-0.39, 0.29) is 0 Å². The molecular weight excluding hydrogens is 283 g/mol. The first-order valence-electron chi connectivity index (χ1n) is 7.50. The van der Waals surface area contributed by atoms with Crippen LogP contribution in [0.15, 0.2) is 78.9 Å². The fourth-order valence-electron chi connectivity index (χ4n) is 2.98. The van der Waals surface area contributed by atoms with Gasteiger partial charge in [0.2, 0.25) is 0 Å². The lowest BCUT2D eigenvalue weighted by atomic mass is 9.97. The maximum Gasteiger partial charge on any atom is 0.569 e. The van der Waals surface area contributed by atoms with Gasteiger partial charge in [0.05, 0.1) is 0 Å². The molecule has 0 bridgehead atoms. The summed E-state index contributed by atoms with van der Waals surface area (Å²) >= 11 is 0. The molecule has 0 aromatic heterocycles. The highest BCUT2D eigenvalue weighted by atomic mass is 16.5. The maximum absolute atomic E-state index is 8.78. The monoisotopic (exact) mass is 297 g/mol. The molecule has 0 aliphatic carbocycles. The van der Waals surface area contributed by atoms with Crippen molar-refractivity contribution < 1.29 is 9.68 Å². The Hall–Kier alpha value is -2.78. The summed E-state index contributed by atoms with van der Waals surface area (Å²) in [7, 11) is 0.704. The zero-order valence-corrected chi connectivity index (χ0v) is 12.4. The van der Waals surface area contributed by atoms with Crippen molar-refractivity contribution in [3.63, 3.8) is 0 Å². The minimum atomic E-state index is 0.624. The van der Waals surface area contributed by atoms with Gasteiger partial charge in [-0.15, -0.1) is 0 Å². The molecule has 0 atom stereocenters. The molecule has 0 aliphatic rings. The van der Waals surface area contributed by atoms with Crippen LogP contribution in [0.4, 0.5) is 0 Å². The molecule has 4 rings (SSSR count). The minimum Gasteiger partial charge on any atom is -0.537 e. The Bertz CT molecular complexity index is 981. The molecule has 4 aromatic carbocycles. The van der Waals surface area contributed by atoms with Gasteiger partial charge in [-0.05, 0) is 50.9 Å². The quantitative estimate of drug-likeness (QED) is 0.443. The van der Waals surface area contributed by atoms with Crippen LogP contribution in [0.5, 0.6) is 5.75 Å². The van der Waals surface area contributed by atoms with Crippen LogP contribution in [0.2, 0.25) is 0 Å². The van der Waals surface area contributed by atoms with Gasteiger partial charge >= 0.3 is 7.69 Å².